The Balaban J connectivity index is 2.77. The van der Waals surface area contributed by atoms with Gasteiger partial charge in [-0.25, -0.2) is 0 Å². The minimum Gasteiger partial charge on any atom is -0.320 e. The van der Waals surface area contributed by atoms with Gasteiger partial charge >= 0.3 is 0 Å². The van der Waals surface area contributed by atoms with Gasteiger partial charge in [-0.1, -0.05) is 0 Å². The minimum atomic E-state index is -0.794. The van der Waals surface area contributed by atoms with Crippen LogP contribution in [0.15, 0.2) is 24.3 Å². The highest BCUT2D eigenvalue weighted by atomic mass is 16.6. The summed E-state index contributed by atoms with van der Waals surface area (Å²) in [7, 11) is 0. The quantitative estimate of drug-likeness (QED) is 0.575. The molecule has 0 aliphatic carbocycles. The van der Waals surface area contributed by atoms with Gasteiger partial charge in [-0.3, -0.25) is 25.0 Å². The largest absolute Gasteiger partial charge is 0.320 e. The smallest absolute Gasteiger partial charge is 0.269 e. The number of nitro groups is 1. The summed E-state index contributed by atoms with van der Waals surface area (Å²) in [6.07, 6.45) is 0. The first-order chi connectivity index (χ1) is 7.91. The number of hydrogen-bond donors (Lipinski definition) is 2. The van der Waals surface area contributed by atoms with E-state index in [0.29, 0.717) is 0 Å². The number of carbonyl (C=O) groups excluding carboxylic acids is 2. The van der Waals surface area contributed by atoms with Crippen molar-refractivity contribution in [1.82, 2.24) is 5.32 Å². The van der Waals surface area contributed by atoms with Gasteiger partial charge < -0.3 is 5.73 Å². The molecule has 0 aromatic heterocycles. The summed E-state index contributed by atoms with van der Waals surface area (Å²) in [5.41, 5.74) is 5.30. The first-order valence-corrected chi connectivity index (χ1v) is 4.77. The van der Waals surface area contributed by atoms with Gasteiger partial charge in [0.15, 0.2) is 0 Å². The minimum absolute atomic E-state index is 0.125. The van der Waals surface area contributed by atoms with E-state index >= 15 is 0 Å². The summed E-state index contributed by atoms with van der Waals surface area (Å²) in [5.74, 6) is -1.24. The molecule has 1 aromatic carbocycles. The van der Waals surface area contributed by atoms with Crippen LogP contribution in [0.4, 0.5) is 5.69 Å². The van der Waals surface area contributed by atoms with Crippen LogP contribution in [0, 0.1) is 10.1 Å². The number of rotatable bonds is 3. The molecule has 0 radical (unpaired) electrons. The molecule has 0 bridgehead atoms. The Hall–Kier alpha value is -2.28. The highest BCUT2D eigenvalue weighted by Gasteiger charge is 2.14. The number of carbonyl (C=O) groups is 2. The van der Waals surface area contributed by atoms with E-state index in [1.165, 1.54) is 31.2 Å². The Morgan fingerprint density at radius 3 is 2.29 bits per heavy atom. The summed E-state index contributed by atoms with van der Waals surface area (Å²) in [6.45, 7) is 1.44. The molecule has 3 N–H and O–H groups in total. The number of non-ortho nitro benzene ring substituents is 1. The van der Waals surface area contributed by atoms with Gasteiger partial charge in [0.25, 0.3) is 11.6 Å². The molecule has 1 rings (SSSR count). The van der Waals surface area contributed by atoms with E-state index < -0.39 is 22.8 Å². The maximum absolute atomic E-state index is 11.5. The van der Waals surface area contributed by atoms with E-state index in [0.717, 1.165) is 0 Å². The topological polar surface area (TPSA) is 115 Å². The highest BCUT2D eigenvalue weighted by molar-refractivity contribution is 6.05. The fraction of sp³-hybridized carbons (Fsp3) is 0.200. The van der Waals surface area contributed by atoms with Crippen LogP contribution in [0.3, 0.4) is 0 Å². The third-order valence-corrected chi connectivity index (χ3v) is 1.99. The van der Waals surface area contributed by atoms with Crippen LogP contribution in [0.1, 0.15) is 17.3 Å². The molecule has 0 spiro atoms. The van der Waals surface area contributed by atoms with Gasteiger partial charge in [0, 0.05) is 17.7 Å². The van der Waals surface area contributed by atoms with Crippen molar-refractivity contribution in [2.45, 2.75) is 13.0 Å². The van der Waals surface area contributed by atoms with Crippen LogP contribution < -0.4 is 11.1 Å². The Bertz CT molecular complexity index is 453. The van der Waals surface area contributed by atoms with Gasteiger partial charge in [-0.2, -0.15) is 0 Å². The first kappa shape index (κ1) is 12.8. The molecule has 90 valence electrons. The predicted octanol–water partition coefficient (Wildman–Crippen LogP) is 0.198. The van der Waals surface area contributed by atoms with E-state index in [1.807, 2.05) is 0 Å². The van der Waals surface area contributed by atoms with Gasteiger partial charge in [0.1, 0.15) is 0 Å². The number of benzene rings is 1. The number of nitrogens with one attached hydrogen (secondary N) is 1. The first-order valence-electron chi connectivity index (χ1n) is 4.77. The maximum Gasteiger partial charge on any atom is 0.269 e. The van der Waals surface area contributed by atoms with Crippen LogP contribution in [0.25, 0.3) is 0 Å². The summed E-state index contributed by atoms with van der Waals surface area (Å²) in [5, 5.41) is 12.5. The van der Waals surface area contributed by atoms with E-state index in [9.17, 15) is 19.7 Å². The monoisotopic (exact) mass is 237 g/mol. The fourth-order valence-corrected chi connectivity index (χ4v) is 1.03. The predicted molar refractivity (Wildman–Crippen MR) is 59.2 cm³/mol. The van der Waals surface area contributed by atoms with Crippen LogP contribution in [-0.4, -0.2) is 22.8 Å². The van der Waals surface area contributed by atoms with Crippen molar-refractivity contribution in [2.24, 2.45) is 5.73 Å². The number of nitro benzene ring substituents is 1. The molecule has 1 aromatic rings. The maximum atomic E-state index is 11.5. The summed E-state index contributed by atoms with van der Waals surface area (Å²) in [4.78, 5) is 32.4. The van der Waals surface area contributed by atoms with Crippen LogP contribution in [0.5, 0.6) is 0 Å². The van der Waals surface area contributed by atoms with Gasteiger partial charge in [0.05, 0.1) is 11.0 Å². The second-order valence-electron chi connectivity index (χ2n) is 3.41. The Morgan fingerprint density at radius 2 is 1.88 bits per heavy atom. The van der Waals surface area contributed by atoms with Crippen molar-refractivity contribution in [3.8, 4) is 0 Å². The van der Waals surface area contributed by atoms with Crippen molar-refractivity contribution in [1.29, 1.82) is 0 Å². The molecule has 0 unspecified atom stereocenters. The lowest BCUT2D eigenvalue weighted by atomic mass is 10.2. The summed E-state index contributed by atoms with van der Waals surface area (Å²) >= 11 is 0. The molecular weight excluding hydrogens is 226 g/mol. The molecular formula is C10H11N3O4. The second kappa shape index (κ2) is 5.17. The number of imide groups is 1. The third-order valence-electron chi connectivity index (χ3n) is 1.99. The SMILES string of the molecule is C[C@H](N)C(=O)NC(=O)c1ccc([N+](=O)[O-])cc1. The molecule has 0 fully saturated rings. The van der Waals surface area contributed by atoms with Crippen LogP contribution in [0.2, 0.25) is 0 Å². The van der Waals surface area contributed by atoms with Gasteiger partial charge in [-0.05, 0) is 19.1 Å². The van der Waals surface area contributed by atoms with Crippen molar-refractivity contribution >= 4 is 17.5 Å². The molecule has 7 heteroatoms. The lowest BCUT2D eigenvalue weighted by molar-refractivity contribution is -0.384. The van der Waals surface area contributed by atoms with Crippen LogP contribution >= 0.6 is 0 Å². The second-order valence-corrected chi connectivity index (χ2v) is 3.41. The zero-order valence-corrected chi connectivity index (χ0v) is 9.04. The number of amides is 2. The lowest BCUT2D eigenvalue weighted by Gasteiger charge is -2.06. The lowest BCUT2D eigenvalue weighted by Crippen LogP contribution is -2.41. The van der Waals surface area contributed by atoms with Crippen molar-refractivity contribution in [3.63, 3.8) is 0 Å². The molecule has 0 saturated carbocycles. The molecule has 0 aliphatic heterocycles. The molecule has 17 heavy (non-hydrogen) atoms. The summed E-state index contributed by atoms with van der Waals surface area (Å²) in [6, 6.07) is 4.11. The Labute approximate surface area is 96.8 Å². The average Bonchev–Trinajstić information content (AvgIpc) is 2.28. The number of hydrogen-bond acceptors (Lipinski definition) is 5. The Kier molecular flexibility index (Phi) is 3.89. The summed E-state index contributed by atoms with van der Waals surface area (Å²) < 4.78 is 0. The third kappa shape index (κ3) is 3.35. The van der Waals surface area contributed by atoms with Crippen molar-refractivity contribution in [2.75, 3.05) is 0 Å². The normalized spacial score (nSPS) is 11.6. The highest BCUT2D eigenvalue weighted by Crippen LogP contribution is 2.11. The zero-order valence-electron chi connectivity index (χ0n) is 9.04. The van der Waals surface area contributed by atoms with Gasteiger partial charge in [0.2, 0.25) is 5.91 Å². The zero-order chi connectivity index (χ0) is 13.0. The van der Waals surface area contributed by atoms with E-state index in [4.69, 9.17) is 5.73 Å². The molecule has 2 amide bonds. The number of nitrogens with two attached hydrogens (primary N) is 1. The molecule has 0 heterocycles. The van der Waals surface area contributed by atoms with Crippen molar-refractivity contribution in [3.05, 3.63) is 39.9 Å². The Morgan fingerprint density at radius 1 is 1.35 bits per heavy atom. The van der Waals surface area contributed by atoms with Crippen molar-refractivity contribution < 1.29 is 14.5 Å². The molecule has 0 saturated heterocycles. The van der Waals surface area contributed by atoms with E-state index in [2.05, 4.69) is 5.32 Å². The van der Waals surface area contributed by atoms with Crippen LogP contribution in [-0.2, 0) is 4.79 Å². The van der Waals surface area contributed by atoms with E-state index in [1.54, 1.807) is 0 Å². The average molecular weight is 237 g/mol. The standard InChI is InChI=1S/C10H11N3O4/c1-6(11)9(14)12-10(15)7-2-4-8(5-3-7)13(16)17/h2-6H,11H2,1H3,(H,12,14,15)/t6-/m0/s1. The fourth-order valence-electron chi connectivity index (χ4n) is 1.03. The van der Waals surface area contributed by atoms with E-state index in [-0.39, 0.29) is 11.3 Å². The molecule has 7 nitrogen and oxygen atoms in total. The molecule has 1 atom stereocenters. The number of nitrogens with zero attached hydrogens (tertiary/aromatic N) is 1. The molecule has 0 aliphatic rings. The van der Waals surface area contributed by atoms with Gasteiger partial charge in [-0.15, -0.1) is 0 Å².